The third kappa shape index (κ3) is 3.69. The van der Waals surface area contributed by atoms with Gasteiger partial charge in [-0.25, -0.2) is 0 Å². The van der Waals surface area contributed by atoms with E-state index in [4.69, 9.17) is 14.6 Å². The van der Waals surface area contributed by atoms with Gasteiger partial charge in [0.25, 0.3) is 5.91 Å². The molecule has 0 atom stereocenters. The van der Waals surface area contributed by atoms with Crippen LogP contribution >= 0.6 is 0 Å². The first-order valence-electron chi connectivity index (χ1n) is 7.29. The number of hydrogen-bond donors (Lipinski definition) is 2. The molecule has 0 unspecified atom stereocenters. The lowest BCUT2D eigenvalue weighted by Crippen LogP contribution is -2.46. The monoisotopic (exact) mass is 307 g/mol. The van der Waals surface area contributed by atoms with Crippen LogP contribution in [-0.2, 0) is 4.79 Å². The van der Waals surface area contributed by atoms with Gasteiger partial charge in [0, 0.05) is 12.1 Å². The van der Waals surface area contributed by atoms with Crippen LogP contribution in [0.2, 0.25) is 0 Å². The molecule has 1 aliphatic rings. The van der Waals surface area contributed by atoms with Crippen LogP contribution in [0, 0.1) is 5.92 Å². The van der Waals surface area contributed by atoms with Crippen molar-refractivity contribution < 1.29 is 24.2 Å². The van der Waals surface area contributed by atoms with Gasteiger partial charge in [-0.1, -0.05) is 0 Å². The van der Waals surface area contributed by atoms with Crippen LogP contribution in [0.3, 0.4) is 0 Å². The summed E-state index contributed by atoms with van der Waals surface area (Å²) in [5, 5.41) is 11.7. The summed E-state index contributed by atoms with van der Waals surface area (Å²) in [6.45, 7) is 3.76. The van der Waals surface area contributed by atoms with Crippen molar-refractivity contribution in [3.8, 4) is 11.5 Å². The predicted octanol–water partition coefficient (Wildman–Crippen LogP) is 2.08. The molecule has 0 aliphatic heterocycles. The van der Waals surface area contributed by atoms with Crippen molar-refractivity contribution in [3.05, 3.63) is 23.8 Å². The molecule has 6 heteroatoms. The number of carbonyl (C=O) groups excluding carboxylic acids is 1. The Morgan fingerprint density at radius 1 is 1.32 bits per heavy atom. The molecule has 1 amide bonds. The van der Waals surface area contributed by atoms with E-state index in [0.29, 0.717) is 29.9 Å². The van der Waals surface area contributed by atoms with E-state index in [1.165, 1.54) is 0 Å². The Morgan fingerprint density at radius 2 is 2.00 bits per heavy atom. The number of aliphatic carboxylic acids is 1. The van der Waals surface area contributed by atoms with Crippen molar-refractivity contribution in [2.45, 2.75) is 38.8 Å². The highest BCUT2D eigenvalue weighted by atomic mass is 16.5. The van der Waals surface area contributed by atoms with Crippen molar-refractivity contribution in [1.82, 2.24) is 5.32 Å². The van der Waals surface area contributed by atoms with E-state index in [0.717, 1.165) is 0 Å². The molecule has 0 aromatic heterocycles. The Kier molecular flexibility index (Phi) is 4.90. The Bertz CT molecular complexity index is 564. The Balaban J connectivity index is 2.07. The summed E-state index contributed by atoms with van der Waals surface area (Å²) in [5.41, 5.74) is 0.424. The van der Waals surface area contributed by atoms with E-state index >= 15 is 0 Å². The fourth-order valence-electron chi connectivity index (χ4n) is 2.37. The van der Waals surface area contributed by atoms with Crippen LogP contribution < -0.4 is 14.8 Å². The second-order valence-corrected chi connectivity index (χ2v) is 5.71. The fourth-order valence-corrected chi connectivity index (χ4v) is 2.37. The average molecular weight is 307 g/mol. The summed E-state index contributed by atoms with van der Waals surface area (Å²) in [6, 6.07) is 4.93. The largest absolute Gasteiger partial charge is 0.497 e. The number of carboxylic acids is 1. The summed E-state index contributed by atoms with van der Waals surface area (Å²) < 4.78 is 10.8. The maximum Gasteiger partial charge on any atom is 0.306 e. The van der Waals surface area contributed by atoms with Crippen LogP contribution in [0.25, 0.3) is 0 Å². The number of methoxy groups -OCH3 is 1. The number of carboxylic acid groups (broad SMARTS) is 1. The molecule has 1 aliphatic carbocycles. The van der Waals surface area contributed by atoms with Gasteiger partial charge >= 0.3 is 5.97 Å². The smallest absolute Gasteiger partial charge is 0.306 e. The molecule has 2 N–H and O–H groups in total. The standard InChI is InChI=1S/C16H21NO5/c1-9(2)22-14-8-12(21-3)4-5-13(14)15(18)17-11-6-10(7-11)16(19)20/h4-5,8-11H,6-7H2,1-3H3,(H,17,18)(H,19,20). The maximum absolute atomic E-state index is 12.3. The van der Waals surface area contributed by atoms with E-state index in [1.54, 1.807) is 25.3 Å². The summed E-state index contributed by atoms with van der Waals surface area (Å²) in [5.74, 6) is -0.346. The van der Waals surface area contributed by atoms with Gasteiger partial charge in [-0.2, -0.15) is 0 Å². The Labute approximate surface area is 129 Å². The van der Waals surface area contributed by atoms with E-state index in [-0.39, 0.29) is 24.0 Å². The highest BCUT2D eigenvalue weighted by Crippen LogP contribution is 2.30. The van der Waals surface area contributed by atoms with E-state index < -0.39 is 5.97 Å². The van der Waals surface area contributed by atoms with Gasteiger partial charge in [0.1, 0.15) is 11.5 Å². The van der Waals surface area contributed by atoms with Crippen molar-refractivity contribution >= 4 is 11.9 Å². The normalized spacial score (nSPS) is 20.2. The van der Waals surface area contributed by atoms with Gasteiger partial charge in [0.15, 0.2) is 0 Å². The molecule has 0 saturated heterocycles. The lowest BCUT2D eigenvalue weighted by molar-refractivity contribution is -0.145. The SMILES string of the molecule is COc1ccc(C(=O)NC2CC(C(=O)O)C2)c(OC(C)C)c1. The average Bonchev–Trinajstić information content (AvgIpc) is 2.40. The molecule has 0 heterocycles. The first-order chi connectivity index (χ1) is 10.4. The molecule has 6 nitrogen and oxygen atoms in total. The van der Waals surface area contributed by atoms with Gasteiger partial charge < -0.3 is 19.9 Å². The second-order valence-electron chi connectivity index (χ2n) is 5.71. The Morgan fingerprint density at radius 3 is 2.55 bits per heavy atom. The second kappa shape index (κ2) is 6.68. The van der Waals surface area contributed by atoms with Crippen molar-refractivity contribution in [1.29, 1.82) is 0 Å². The lowest BCUT2D eigenvalue weighted by Gasteiger charge is -2.33. The van der Waals surface area contributed by atoms with E-state index in [9.17, 15) is 9.59 Å². The maximum atomic E-state index is 12.3. The highest BCUT2D eigenvalue weighted by Gasteiger charge is 2.35. The van der Waals surface area contributed by atoms with Gasteiger partial charge in [-0.05, 0) is 38.8 Å². The first-order valence-corrected chi connectivity index (χ1v) is 7.29. The summed E-state index contributed by atoms with van der Waals surface area (Å²) >= 11 is 0. The number of amides is 1. The molecule has 1 fully saturated rings. The molecule has 120 valence electrons. The van der Waals surface area contributed by atoms with Crippen molar-refractivity contribution in [2.75, 3.05) is 7.11 Å². The third-order valence-corrected chi connectivity index (χ3v) is 3.62. The Hall–Kier alpha value is -2.24. The number of carbonyl (C=O) groups is 2. The number of nitrogens with one attached hydrogen (secondary N) is 1. The molecular formula is C16H21NO5. The summed E-state index contributed by atoms with van der Waals surface area (Å²) in [7, 11) is 1.55. The fraction of sp³-hybridized carbons (Fsp3) is 0.500. The van der Waals surface area contributed by atoms with Gasteiger partial charge in [0.2, 0.25) is 0 Å². The number of rotatable bonds is 6. The van der Waals surface area contributed by atoms with E-state index in [1.807, 2.05) is 13.8 Å². The van der Waals surface area contributed by atoms with Crippen molar-refractivity contribution in [2.24, 2.45) is 5.92 Å². The first kappa shape index (κ1) is 16.1. The zero-order valence-corrected chi connectivity index (χ0v) is 13.0. The minimum absolute atomic E-state index is 0.0706. The van der Waals surface area contributed by atoms with Gasteiger partial charge in [0.05, 0.1) is 24.7 Å². The third-order valence-electron chi connectivity index (χ3n) is 3.62. The summed E-state index contributed by atoms with van der Waals surface area (Å²) in [6.07, 6.45) is 0.869. The quantitative estimate of drug-likeness (QED) is 0.840. The topological polar surface area (TPSA) is 84.9 Å². The lowest BCUT2D eigenvalue weighted by atomic mass is 9.80. The number of hydrogen-bond acceptors (Lipinski definition) is 4. The molecule has 1 aromatic rings. The van der Waals surface area contributed by atoms with Crippen LogP contribution in [0.4, 0.5) is 0 Å². The van der Waals surface area contributed by atoms with Gasteiger partial charge in [-0.3, -0.25) is 9.59 Å². The molecule has 1 saturated carbocycles. The van der Waals surface area contributed by atoms with Crippen LogP contribution in [0.5, 0.6) is 11.5 Å². The molecule has 0 radical (unpaired) electrons. The predicted molar refractivity (Wildman–Crippen MR) is 80.4 cm³/mol. The van der Waals surface area contributed by atoms with Gasteiger partial charge in [-0.15, -0.1) is 0 Å². The zero-order valence-electron chi connectivity index (χ0n) is 13.0. The van der Waals surface area contributed by atoms with Crippen LogP contribution in [0.15, 0.2) is 18.2 Å². The van der Waals surface area contributed by atoms with Crippen molar-refractivity contribution in [3.63, 3.8) is 0 Å². The molecule has 0 spiro atoms. The summed E-state index contributed by atoms with van der Waals surface area (Å²) in [4.78, 5) is 23.1. The van der Waals surface area contributed by atoms with E-state index in [2.05, 4.69) is 5.32 Å². The molecule has 22 heavy (non-hydrogen) atoms. The number of ether oxygens (including phenoxy) is 2. The molecule has 0 bridgehead atoms. The minimum atomic E-state index is -0.807. The zero-order chi connectivity index (χ0) is 16.3. The minimum Gasteiger partial charge on any atom is -0.497 e. The highest BCUT2D eigenvalue weighted by molar-refractivity contribution is 5.97. The molecule has 1 aromatic carbocycles. The molecular weight excluding hydrogens is 286 g/mol. The van der Waals surface area contributed by atoms with Crippen LogP contribution in [0.1, 0.15) is 37.0 Å². The molecule has 2 rings (SSSR count). The van der Waals surface area contributed by atoms with Crippen LogP contribution in [-0.4, -0.2) is 36.2 Å². The number of benzene rings is 1.